The fourth-order valence-electron chi connectivity index (χ4n) is 2.12. The molecule has 0 aliphatic carbocycles. The molecule has 0 amide bonds. The van der Waals surface area contributed by atoms with E-state index in [1.54, 1.807) is 36.7 Å². The third kappa shape index (κ3) is 3.59. The lowest BCUT2D eigenvalue weighted by Crippen LogP contribution is -2.13. The Morgan fingerprint density at radius 1 is 1.18 bits per heavy atom. The number of hydrogen-bond donors (Lipinski definition) is 0. The predicted octanol–water partition coefficient (Wildman–Crippen LogP) is 2.50. The molecular formula is C16H16N2O4. The molecule has 6 nitrogen and oxygen atoms in total. The molecule has 1 fully saturated rings. The molecule has 1 atom stereocenters. The Morgan fingerprint density at radius 3 is 2.64 bits per heavy atom. The van der Waals surface area contributed by atoms with E-state index in [0.29, 0.717) is 42.2 Å². The van der Waals surface area contributed by atoms with Crippen LogP contribution in [0.5, 0.6) is 17.5 Å². The second kappa shape index (κ2) is 7.00. The summed E-state index contributed by atoms with van der Waals surface area (Å²) in [6, 6.07) is 6.75. The van der Waals surface area contributed by atoms with E-state index in [0.717, 1.165) is 19.3 Å². The minimum atomic E-state index is 0.306. The van der Waals surface area contributed by atoms with Crippen LogP contribution < -0.4 is 9.47 Å². The molecule has 0 saturated carbocycles. The number of benzene rings is 1. The van der Waals surface area contributed by atoms with Gasteiger partial charge in [0, 0.05) is 30.5 Å². The maximum atomic E-state index is 10.6. The second-order valence-corrected chi connectivity index (χ2v) is 5.00. The van der Waals surface area contributed by atoms with Crippen molar-refractivity contribution in [2.24, 2.45) is 5.92 Å². The van der Waals surface area contributed by atoms with Crippen LogP contribution in [0, 0.1) is 5.92 Å². The molecule has 1 aliphatic heterocycles. The van der Waals surface area contributed by atoms with Gasteiger partial charge >= 0.3 is 0 Å². The van der Waals surface area contributed by atoms with Crippen LogP contribution in [0.25, 0.3) is 0 Å². The topological polar surface area (TPSA) is 70.5 Å². The molecule has 0 spiro atoms. The fraction of sp³-hybridized carbons (Fsp3) is 0.312. The third-order valence-electron chi connectivity index (χ3n) is 3.34. The summed E-state index contributed by atoms with van der Waals surface area (Å²) < 4.78 is 16.7. The number of ether oxygens (including phenoxy) is 3. The van der Waals surface area contributed by atoms with E-state index < -0.39 is 0 Å². The smallest absolute Gasteiger partial charge is 0.283 e. The van der Waals surface area contributed by atoms with Gasteiger partial charge in [0.15, 0.2) is 0 Å². The highest BCUT2D eigenvalue weighted by molar-refractivity contribution is 5.74. The molecule has 0 N–H and O–H groups in total. The van der Waals surface area contributed by atoms with Crippen LogP contribution in [0.4, 0.5) is 0 Å². The Morgan fingerprint density at radius 2 is 1.95 bits per heavy atom. The minimum Gasteiger partial charge on any atom is -0.473 e. The summed E-state index contributed by atoms with van der Waals surface area (Å²) in [5.74, 6) is 1.61. The molecule has 1 aromatic carbocycles. The number of carbonyl (C=O) groups is 1. The monoisotopic (exact) mass is 300 g/mol. The first-order chi connectivity index (χ1) is 10.8. The Hall–Kier alpha value is -2.47. The quantitative estimate of drug-likeness (QED) is 0.763. The lowest BCUT2D eigenvalue weighted by molar-refractivity contribution is 0.112. The van der Waals surface area contributed by atoms with Crippen molar-refractivity contribution in [1.29, 1.82) is 0 Å². The molecular weight excluding hydrogens is 284 g/mol. The van der Waals surface area contributed by atoms with Gasteiger partial charge in [-0.05, 0) is 30.7 Å². The van der Waals surface area contributed by atoms with E-state index >= 15 is 0 Å². The van der Waals surface area contributed by atoms with E-state index in [2.05, 4.69) is 9.97 Å². The summed E-state index contributed by atoms with van der Waals surface area (Å²) in [6.45, 7) is 2.02. The van der Waals surface area contributed by atoms with Crippen LogP contribution in [0.1, 0.15) is 16.8 Å². The maximum absolute atomic E-state index is 10.6. The molecule has 2 aromatic rings. The van der Waals surface area contributed by atoms with Crippen LogP contribution in [0.3, 0.4) is 0 Å². The summed E-state index contributed by atoms with van der Waals surface area (Å²) in [5, 5.41) is 0. The molecule has 0 radical (unpaired) electrons. The Balaban J connectivity index is 1.68. The van der Waals surface area contributed by atoms with Gasteiger partial charge < -0.3 is 14.2 Å². The van der Waals surface area contributed by atoms with Crippen molar-refractivity contribution in [2.45, 2.75) is 6.42 Å². The lowest BCUT2D eigenvalue weighted by atomic mass is 10.1. The zero-order valence-corrected chi connectivity index (χ0v) is 12.0. The fourth-order valence-corrected chi connectivity index (χ4v) is 2.12. The molecule has 22 heavy (non-hydrogen) atoms. The number of rotatable bonds is 6. The molecule has 1 unspecified atom stereocenters. The number of aldehydes is 1. The third-order valence-corrected chi connectivity index (χ3v) is 3.34. The molecule has 1 saturated heterocycles. The van der Waals surface area contributed by atoms with E-state index in [-0.39, 0.29) is 0 Å². The van der Waals surface area contributed by atoms with E-state index in [4.69, 9.17) is 14.2 Å². The number of carbonyl (C=O) groups excluding carboxylic acids is 1. The summed E-state index contributed by atoms with van der Waals surface area (Å²) in [5.41, 5.74) is 0.587. The average Bonchev–Trinajstić information content (AvgIpc) is 3.08. The lowest BCUT2D eigenvalue weighted by Gasteiger charge is -2.12. The van der Waals surface area contributed by atoms with E-state index in [1.165, 1.54) is 0 Å². The van der Waals surface area contributed by atoms with Crippen molar-refractivity contribution in [3.63, 3.8) is 0 Å². The van der Waals surface area contributed by atoms with Gasteiger partial charge in [0.25, 0.3) is 11.8 Å². The van der Waals surface area contributed by atoms with Crippen LogP contribution in [-0.4, -0.2) is 36.1 Å². The zero-order valence-electron chi connectivity index (χ0n) is 12.0. The summed E-state index contributed by atoms with van der Waals surface area (Å²) >= 11 is 0. The number of aromatic nitrogens is 2. The first-order valence-corrected chi connectivity index (χ1v) is 7.10. The zero-order chi connectivity index (χ0) is 15.2. The van der Waals surface area contributed by atoms with Crippen LogP contribution >= 0.6 is 0 Å². The van der Waals surface area contributed by atoms with Gasteiger partial charge in [-0.25, -0.2) is 9.97 Å². The molecule has 0 bridgehead atoms. The number of nitrogens with zero attached hydrogens (tertiary/aromatic N) is 2. The van der Waals surface area contributed by atoms with Gasteiger partial charge in [-0.1, -0.05) is 0 Å². The first-order valence-electron chi connectivity index (χ1n) is 7.10. The molecule has 3 rings (SSSR count). The van der Waals surface area contributed by atoms with Crippen molar-refractivity contribution < 1.29 is 19.0 Å². The summed E-state index contributed by atoms with van der Waals surface area (Å²) in [4.78, 5) is 19.0. The first kappa shape index (κ1) is 14.5. The van der Waals surface area contributed by atoms with Gasteiger partial charge in [0.1, 0.15) is 12.0 Å². The van der Waals surface area contributed by atoms with Gasteiger partial charge in [0.05, 0.1) is 13.2 Å². The normalized spacial score (nSPS) is 17.2. The van der Waals surface area contributed by atoms with Gasteiger partial charge in [-0.3, -0.25) is 4.79 Å². The molecule has 2 heterocycles. The van der Waals surface area contributed by atoms with Crippen molar-refractivity contribution in [3.8, 4) is 17.5 Å². The van der Waals surface area contributed by atoms with Crippen molar-refractivity contribution in [3.05, 3.63) is 42.2 Å². The van der Waals surface area contributed by atoms with Crippen molar-refractivity contribution >= 4 is 6.29 Å². The van der Waals surface area contributed by atoms with Crippen LogP contribution in [-0.2, 0) is 4.74 Å². The SMILES string of the molecule is O=Cc1ccc(Oc2nccnc2OCC2CCOC2)cc1. The largest absolute Gasteiger partial charge is 0.473 e. The van der Waals surface area contributed by atoms with Gasteiger partial charge in [-0.15, -0.1) is 0 Å². The minimum absolute atomic E-state index is 0.306. The Labute approximate surface area is 128 Å². The summed E-state index contributed by atoms with van der Waals surface area (Å²) in [6.07, 6.45) is 4.87. The summed E-state index contributed by atoms with van der Waals surface area (Å²) in [7, 11) is 0. The molecule has 1 aromatic heterocycles. The highest BCUT2D eigenvalue weighted by Crippen LogP contribution is 2.27. The molecule has 6 heteroatoms. The predicted molar refractivity (Wildman–Crippen MR) is 78.4 cm³/mol. The van der Waals surface area contributed by atoms with E-state index in [1.807, 2.05) is 0 Å². The Bertz CT molecular complexity index is 624. The second-order valence-electron chi connectivity index (χ2n) is 5.00. The standard InChI is InChI=1S/C16H16N2O4/c19-9-12-1-3-14(4-2-12)22-16-15(17-6-7-18-16)21-11-13-5-8-20-10-13/h1-4,6-7,9,13H,5,8,10-11H2. The highest BCUT2D eigenvalue weighted by Gasteiger charge is 2.18. The van der Waals surface area contributed by atoms with Crippen molar-refractivity contribution in [2.75, 3.05) is 19.8 Å². The van der Waals surface area contributed by atoms with Crippen molar-refractivity contribution in [1.82, 2.24) is 9.97 Å². The van der Waals surface area contributed by atoms with Gasteiger partial charge in [-0.2, -0.15) is 0 Å². The van der Waals surface area contributed by atoms with Crippen LogP contribution in [0.15, 0.2) is 36.7 Å². The van der Waals surface area contributed by atoms with Crippen LogP contribution in [0.2, 0.25) is 0 Å². The highest BCUT2D eigenvalue weighted by atomic mass is 16.5. The molecule has 114 valence electrons. The Kier molecular flexibility index (Phi) is 4.60. The van der Waals surface area contributed by atoms with Gasteiger partial charge in [0.2, 0.25) is 0 Å². The number of hydrogen-bond acceptors (Lipinski definition) is 6. The van der Waals surface area contributed by atoms with E-state index in [9.17, 15) is 4.79 Å². The average molecular weight is 300 g/mol. The maximum Gasteiger partial charge on any atom is 0.283 e. The molecule has 1 aliphatic rings.